The highest BCUT2D eigenvalue weighted by atomic mass is 19.3. The third-order valence-electron chi connectivity index (χ3n) is 4.73. The van der Waals surface area contributed by atoms with Crippen LogP contribution in [0.25, 0.3) is 0 Å². The van der Waals surface area contributed by atoms with Crippen LogP contribution in [0.4, 0.5) is 8.78 Å². The topological polar surface area (TPSA) is 92.9 Å². The zero-order valence-electron chi connectivity index (χ0n) is 18.4. The average Bonchev–Trinajstić information content (AvgIpc) is 3.01. The molecule has 1 aromatic carbocycles. The quantitative estimate of drug-likeness (QED) is 0.368. The van der Waals surface area contributed by atoms with Crippen molar-refractivity contribution in [2.45, 2.75) is 46.6 Å². The molecule has 1 heterocycles. The zero-order valence-corrected chi connectivity index (χ0v) is 18.4. The number of aliphatic hydroxyl groups is 1. The number of nitrogens with one attached hydrogen (secondary N) is 2. The molecule has 0 aliphatic heterocycles. The first-order valence-corrected chi connectivity index (χ1v) is 10.1. The summed E-state index contributed by atoms with van der Waals surface area (Å²) in [5.74, 6) is 0.605. The average molecular weight is 440 g/mol. The molecule has 172 valence electrons. The lowest BCUT2D eigenvalue weighted by Gasteiger charge is -2.16. The van der Waals surface area contributed by atoms with E-state index in [0.29, 0.717) is 37.8 Å². The molecule has 31 heavy (non-hydrogen) atoms. The van der Waals surface area contributed by atoms with Gasteiger partial charge in [-0.15, -0.1) is 0 Å². The number of halogens is 2. The van der Waals surface area contributed by atoms with Crippen molar-refractivity contribution in [3.05, 3.63) is 46.8 Å². The lowest BCUT2D eigenvalue weighted by molar-refractivity contribution is -0.0498. The highest BCUT2D eigenvalue weighted by molar-refractivity contribution is 5.79. The van der Waals surface area contributed by atoms with Crippen molar-refractivity contribution in [2.75, 3.05) is 26.8 Å². The molecular formula is C21H31F2N5O3. The second kappa shape index (κ2) is 12.2. The van der Waals surface area contributed by atoms with Gasteiger partial charge in [0.25, 0.3) is 0 Å². The van der Waals surface area contributed by atoms with E-state index in [9.17, 15) is 13.9 Å². The molecule has 1 atom stereocenters. The standard InChI is InChI=1S/C21H31F2N5O3/c1-5-24-21(25-12-18-14(2)27-28(15(18)3)10-11-30-4)26-13-19(29)16-6-8-17(9-7-16)31-20(22)23/h6-9,19-20,29H,5,10-13H2,1-4H3,(H2,24,25,26). The van der Waals surface area contributed by atoms with Crippen LogP contribution < -0.4 is 15.4 Å². The van der Waals surface area contributed by atoms with Crippen LogP contribution in [0.3, 0.4) is 0 Å². The first kappa shape index (κ1) is 24.5. The maximum absolute atomic E-state index is 12.3. The number of nitrogens with zero attached hydrogens (tertiary/aromatic N) is 3. The van der Waals surface area contributed by atoms with Gasteiger partial charge in [-0.05, 0) is 38.5 Å². The molecule has 10 heteroatoms. The van der Waals surface area contributed by atoms with Gasteiger partial charge >= 0.3 is 6.61 Å². The number of aliphatic hydroxyl groups excluding tert-OH is 1. The van der Waals surface area contributed by atoms with E-state index in [1.165, 1.54) is 12.1 Å². The Bertz CT molecular complexity index is 840. The van der Waals surface area contributed by atoms with E-state index in [0.717, 1.165) is 17.0 Å². The zero-order chi connectivity index (χ0) is 22.8. The number of ether oxygens (including phenoxy) is 2. The Morgan fingerprint density at radius 1 is 1.23 bits per heavy atom. The Balaban J connectivity index is 1.99. The van der Waals surface area contributed by atoms with Gasteiger partial charge < -0.3 is 25.2 Å². The molecular weight excluding hydrogens is 408 g/mol. The van der Waals surface area contributed by atoms with Gasteiger partial charge in [-0.2, -0.15) is 13.9 Å². The van der Waals surface area contributed by atoms with Crippen LogP contribution in [0, 0.1) is 13.8 Å². The van der Waals surface area contributed by atoms with Crippen molar-refractivity contribution in [1.29, 1.82) is 0 Å². The van der Waals surface area contributed by atoms with Gasteiger partial charge in [0.15, 0.2) is 5.96 Å². The van der Waals surface area contributed by atoms with E-state index in [1.54, 1.807) is 19.2 Å². The molecule has 1 unspecified atom stereocenters. The molecule has 0 bridgehead atoms. The second-order valence-corrected chi connectivity index (χ2v) is 6.90. The lowest BCUT2D eigenvalue weighted by atomic mass is 10.1. The lowest BCUT2D eigenvalue weighted by Crippen LogP contribution is -2.39. The molecule has 1 aromatic heterocycles. The molecule has 0 spiro atoms. The largest absolute Gasteiger partial charge is 0.435 e. The van der Waals surface area contributed by atoms with Crippen molar-refractivity contribution in [3.63, 3.8) is 0 Å². The molecule has 8 nitrogen and oxygen atoms in total. The van der Waals surface area contributed by atoms with Gasteiger partial charge in [0.05, 0.1) is 31.5 Å². The molecule has 0 aliphatic rings. The molecule has 0 saturated heterocycles. The van der Waals surface area contributed by atoms with E-state index >= 15 is 0 Å². The van der Waals surface area contributed by atoms with Gasteiger partial charge in [0, 0.05) is 31.5 Å². The number of aryl methyl sites for hydroxylation is 1. The van der Waals surface area contributed by atoms with Crippen LogP contribution in [0.5, 0.6) is 5.75 Å². The summed E-state index contributed by atoms with van der Waals surface area (Å²) in [6.45, 7) is 5.60. The third kappa shape index (κ3) is 7.48. The van der Waals surface area contributed by atoms with E-state index in [1.807, 2.05) is 25.5 Å². The Labute approximate surface area is 181 Å². The summed E-state index contributed by atoms with van der Waals surface area (Å²) in [6.07, 6.45) is -0.843. The number of benzene rings is 1. The van der Waals surface area contributed by atoms with E-state index < -0.39 is 12.7 Å². The van der Waals surface area contributed by atoms with E-state index in [-0.39, 0.29) is 12.3 Å². The number of hydrogen-bond donors (Lipinski definition) is 3. The van der Waals surface area contributed by atoms with Crippen LogP contribution in [-0.2, 0) is 17.8 Å². The van der Waals surface area contributed by atoms with E-state index in [2.05, 4.69) is 25.5 Å². The Kier molecular flexibility index (Phi) is 9.67. The molecule has 0 saturated carbocycles. The molecule has 0 radical (unpaired) electrons. The minimum absolute atomic E-state index is 0.0468. The summed E-state index contributed by atoms with van der Waals surface area (Å²) < 4.78 is 35.9. The van der Waals surface area contributed by atoms with Gasteiger partial charge in [-0.25, -0.2) is 4.99 Å². The fraction of sp³-hybridized carbons (Fsp3) is 0.524. The van der Waals surface area contributed by atoms with Crippen molar-refractivity contribution >= 4 is 5.96 Å². The van der Waals surface area contributed by atoms with Gasteiger partial charge in [0.2, 0.25) is 0 Å². The molecule has 3 N–H and O–H groups in total. The van der Waals surface area contributed by atoms with Crippen molar-refractivity contribution < 1.29 is 23.4 Å². The summed E-state index contributed by atoms with van der Waals surface area (Å²) in [5, 5.41) is 21.2. The van der Waals surface area contributed by atoms with Gasteiger partial charge in [0.1, 0.15) is 5.75 Å². The Morgan fingerprint density at radius 3 is 2.55 bits per heavy atom. The van der Waals surface area contributed by atoms with Crippen LogP contribution in [0.1, 0.15) is 35.5 Å². The first-order chi connectivity index (χ1) is 14.8. The first-order valence-electron chi connectivity index (χ1n) is 10.1. The van der Waals surface area contributed by atoms with Gasteiger partial charge in [-0.3, -0.25) is 4.68 Å². The number of methoxy groups -OCH3 is 1. The highest BCUT2D eigenvalue weighted by Gasteiger charge is 2.13. The van der Waals surface area contributed by atoms with E-state index in [4.69, 9.17) is 4.74 Å². The van der Waals surface area contributed by atoms with Crippen LogP contribution in [0.2, 0.25) is 0 Å². The molecule has 2 rings (SSSR count). The molecule has 0 fully saturated rings. The SMILES string of the molecule is CCNC(=NCc1c(C)nn(CCOC)c1C)NCC(O)c1ccc(OC(F)F)cc1. The summed E-state index contributed by atoms with van der Waals surface area (Å²) in [4.78, 5) is 4.61. The third-order valence-corrected chi connectivity index (χ3v) is 4.73. The van der Waals surface area contributed by atoms with Crippen LogP contribution in [0.15, 0.2) is 29.3 Å². The molecule has 0 aliphatic carbocycles. The summed E-state index contributed by atoms with van der Waals surface area (Å²) >= 11 is 0. The normalized spacial score (nSPS) is 12.8. The summed E-state index contributed by atoms with van der Waals surface area (Å²) in [7, 11) is 1.66. The maximum Gasteiger partial charge on any atom is 0.387 e. The monoisotopic (exact) mass is 439 g/mol. The number of guanidine groups is 1. The van der Waals surface area contributed by atoms with Crippen molar-refractivity contribution in [2.24, 2.45) is 4.99 Å². The minimum atomic E-state index is -2.88. The number of rotatable bonds is 11. The van der Waals surface area contributed by atoms with Crippen molar-refractivity contribution in [3.8, 4) is 5.75 Å². The number of alkyl halides is 2. The summed E-state index contributed by atoms with van der Waals surface area (Å²) in [5.41, 5.74) is 3.58. The molecule has 0 amide bonds. The fourth-order valence-electron chi connectivity index (χ4n) is 3.04. The maximum atomic E-state index is 12.3. The van der Waals surface area contributed by atoms with Crippen molar-refractivity contribution in [1.82, 2.24) is 20.4 Å². The highest BCUT2D eigenvalue weighted by Crippen LogP contribution is 2.19. The Morgan fingerprint density at radius 2 is 1.94 bits per heavy atom. The number of aliphatic imine (C=N–C) groups is 1. The molecule has 2 aromatic rings. The number of aromatic nitrogens is 2. The minimum Gasteiger partial charge on any atom is -0.435 e. The Hall–Kier alpha value is -2.72. The van der Waals surface area contributed by atoms with Crippen LogP contribution in [-0.4, -0.2) is 54.3 Å². The van der Waals surface area contributed by atoms with Crippen LogP contribution >= 0.6 is 0 Å². The second-order valence-electron chi connectivity index (χ2n) is 6.90. The van der Waals surface area contributed by atoms with Gasteiger partial charge in [-0.1, -0.05) is 12.1 Å². The fourth-order valence-corrected chi connectivity index (χ4v) is 3.04. The number of hydrogen-bond acceptors (Lipinski definition) is 5. The predicted octanol–water partition coefficient (Wildman–Crippen LogP) is 2.54. The smallest absolute Gasteiger partial charge is 0.387 e. The summed E-state index contributed by atoms with van der Waals surface area (Å²) in [6, 6.07) is 5.90. The predicted molar refractivity (Wildman–Crippen MR) is 114 cm³/mol.